The number of aliphatic carboxylic acids is 1. The standard InChI is InChI=1S/C38H70N2O5/c1-3-5-7-9-10-11-12-13-14-15-16-17-18-19-20-21-26-32-37(42)45-34(28-23-8-6-4-2)29-24-22-25-31-36(41)40-35(38(43)44)30-27-33-39/h10-11,13-14,34-35H,3-9,12,15-33,39H2,1-2H3,(H,40,41)(H,43,44)/b11-10-,14-13-. The van der Waals surface area contributed by atoms with Crippen molar-refractivity contribution in [3.63, 3.8) is 0 Å². The molecule has 0 aromatic carbocycles. The molecule has 2 atom stereocenters. The summed E-state index contributed by atoms with van der Waals surface area (Å²) in [6, 6.07) is -0.872. The fraction of sp³-hybridized carbons (Fsp3) is 0.816. The quantitative estimate of drug-likeness (QED) is 0.0376. The summed E-state index contributed by atoms with van der Waals surface area (Å²) in [6.45, 7) is 4.84. The molecule has 0 aliphatic carbocycles. The third-order valence-electron chi connectivity index (χ3n) is 8.27. The van der Waals surface area contributed by atoms with Crippen LogP contribution in [0.2, 0.25) is 0 Å². The number of rotatable bonds is 33. The van der Waals surface area contributed by atoms with Gasteiger partial charge in [-0.05, 0) is 90.0 Å². The number of unbranched alkanes of at least 4 members (excludes halogenated alkanes) is 15. The summed E-state index contributed by atoms with van der Waals surface area (Å²) < 4.78 is 5.90. The first-order chi connectivity index (χ1) is 21.9. The van der Waals surface area contributed by atoms with Gasteiger partial charge in [0.25, 0.3) is 0 Å². The van der Waals surface area contributed by atoms with Gasteiger partial charge in [-0.15, -0.1) is 0 Å². The smallest absolute Gasteiger partial charge is 0.326 e. The monoisotopic (exact) mass is 635 g/mol. The van der Waals surface area contributed by atoms with Gasteiger partial charge >= 0.3 is 11.9 Å². The first-order valence-electron chi connectivity index (χ1n) is 18.7. The largest absolute Gasteiger partial charge is 0.480 e. The predicted octanol–water partition coefficient (Wildman–Crippen LogP) is 9.72. The van der Waals surface area contributed by atoms with E-state index in [0.717, 1.165) is 57.8 Å². The summed E-state index contributed by atoms with van der Waals surface area (Å²) in [6.07, 6.45) is 35.2. The molecule has 7 nitrogen and oxygen atoms in total. The Kier molecular flexibility index (Phi) is 31.6. The first-order valence-corrected chi connectivity index (χ1v) is 18.7. The predicted molar refractivity (Wildman–Crippen MR) is 188 cm³/mol. The number of esters is 1. The van der Waals surface area contributed by atoms with E-state index in [1.54, 1.807) is 0 Å². The lowest BCUT2D eigenvalue weighted by Gasteiger charge is -2.18. The van der Waals surface area contributed by atoms with E-state index in [-0.39, 0.29) is 18.0 Å². The molecule has 1 amide bonds. The third-order valence-corrected chi connectivity index (χ3v) is 8.27. The number of carboxylic acids is 1. The van der Waals surface area contributed by atoms with Crippen LogP contribution in [0.5, 0.6) is 0 Å². The second kappa shape index (κ2) is 33.2. The van der Waals surface area contributed by atoms with Gasteiger partial charge < -0.3 is 20.9 Å². The lowest BCUT2D eigenvalue weighted by Crippen LogP contribution is -2.40. The van der Waals surface area contributed by atoms with E-state index in [0.29, 0.717) is 38.6 Å². The second-order valence-electron chi connectivity index (χ2n) is 12.6. The fourth-order valence-corrected chi connectivity index (χ4v) is 5.42. The molecule has 45 heavy (non-hydrogen) atoms. The molecule has 0 aromatic heterocycles. The van der Waals surface area contributed by atoms with Crippen LogP contribution in [-0.4, -0.2) is 41.6 Å². The van der Waals surface area contributed by atoms with Crippen LogP contribution in [0.4, 0.5) is 0 Å². The van der Waals surface area contributed by atoms with Gasteiger partial charge in [0.2, 0.25) is 5.91 Å². The van der Waals surface area contributed by atoms with Crippen molar-refractivity contribution in [3.8, 4) is 0 Å². The fourth-order valence-electron chi connectivity index (χ4n) is 5.42. The maximum Gasteiger partial charge on any atom is 0.326 e. The van der Waals surface area contributed by atoms with Crippen molar-refractivity contribution in [2.24, 2.45) is 5.73 Å². The number of carboxylic acid groups (broad SMARTS) is 1. The van der Waals surface area contributed by atoms with Crippen LogP contribution >= 0.6 is 0 Å². The van der Waals surface area contributed by atoms with Gasteiger partial charge in [0.15, 0.2) is 0 Å². The molecule has 2 unspecified atom stereocenters. The molecule has 0 spiro atoms. The van der Waals surface area contributed by atoms with Gasteiger partial charge in [-0.2, -0.15) is 0 Å². The molecule has 0 aliphatic rings. The zero-order valence-electron chi connectivity index (χ0n) is 29.2. The summed E-state index contributed by atoms with van der Waals surface area (Å²) in [5.41, 5.74) is 5.46. The zero-order chi connectivity index (χ0) is 33.2. The summed E-state index contributed by atoms with van der Waals surface area (Å²) in [4.78, 5) is 36.1. The number of ether oxygens (including phenoxy) is 1. The van der Waals surface area contributed by atoms with Crippen LogP contribution in [-0.2, 0) is 19.1 Å². The maximum absolute atomic E-state index is 12.6. The number of carbonyl (C=O) groups is 3. The topological polar surface area (TPSA) is 119 Å². The van der Waals surface area contributed by atoms with Crippen molar-refractivity contribution in [1.29, 1.82) is 0 Å². The van der Waals surface area contributed by atoms with Crippen LogP contribution in [0.15, 0.2) is 24.3 Å². The van der Waals surface area contributed by atoms with E-state index in [2.05, 4.69) is 43.5 Å². The van der Waals surface area contributed by atoms with Gasteiger partial charge in [-0.1, -0.05) is 109 Å². The lowest BCUT2D eigenvalue weighted by atomic mass is 10.0. The van der Waals surface area contributed by atoms with Crippen molar-refractivity contribution in [3.05, 3.63) is 24.3 Å². The van der Waals surface area contributed by atoms with Crippen LogP contribution in [0, 0.1) is 0 Å². The number of carbonyl (C=O) groups excluding carboxylic acids is 2. The van der Waals surface area contributed by atoms with E-state index >= 15 is 0 Å². The summed E-state index contributed by atoms with van der Waals surface area (Å²) in [7, 11) is 0. The van der Waals surface area contributed by atoms with E-state index in [9.17, 15) is 19.5 Å². The Hall–Kier alpha value is -2.15. The van der Waals surface area contributed by atoms with Crippen molar-refractivity contribution in [2.75, 3.05) is 6.54 Å². The highest BCUT2D eigenvalue weighted by atomic mass is 16.5. The Morgan fingerprint density at radius 3 is 1.76 bits per heavy atom. The van der Waals surface area contributed by atoms with E-state index < -0.39 is 12.0 Å². The Morgan fingerprint density at radius 2 is 1.16 bits per heavy atom. The first kappa shape index (κ1) is 42.9. The van der Waals surface area contributed by atoms with Crippen LogP contribution in [0.3, 0.4) is 0 Å². The molecule has 0 saturated carbocycles. The van der Waals surface area contributed by atoms with Gasteiger partial charge in [-0.3, -0.25) is 9.59 Å². The zero-order valence-corrected chi connectivity index (χ0v) is 29.2. The SMILES string of the molecule is CCCCC/C=C\C/C=C\CCCCCCCCCC(=O)OC(CCCCCC)CCCCCC(=O)NC(CCCN)C(=O)O. The molecule has 7 heteroatoms. The normalized spacial score (nSPS) is 13.0. The van der Waals surface area contributed by atoms with Crippen LogP contribution in [0.1, 0.15) is 181 Å². The number of allylic oxidation sites excluding steroid dienone is 4. The molecule has 0 saturated heterocycles. The molecule has 4 N–H and O–H groups in total. The Labute approximate surface area is 276 Å². The Balaban J connectivity index is 4.05. The van der Waals surface area contributed by atoms with Gasteiger partial charge in [0, 0.05) is 12.8 Å². The molecule has 0 fully saturated rings. The number of hydrogen-bond acceptors (Lipinski definition) is 5. The van der Waals surface area contributed by atoms with Crippen molar-refractivity contribution >= 4 is 17.8 Å². The average molecular weight is 635 g/mol. The lowest BCUT2D eigenvalue weighted by molar-refractivity contribution is -0.150. The minimum absolute atomic E-state index is 0.0493. The van der Waals surface area contributed by atoms with E-state index in [4.69, 9.17) is 10.5 Å². The third kappa shape index (κ3) is 30.3. The highest BCUT2D eigenvalue weighted by molar-refractivity contribution is 5.83. The van der Waals surface area contributed by atoms with Crippen LogP contribution in [0.25, 0.3) is 0 Å². The van der Waals surface area contributed by atoms with Crippen molar-refractivity contribution in [1.82, 2.24) is 5.32 Å². The minimum atomic E-state index is -1.02. The minimum Gasteiger partial charge on any atom is -0.480 e. The maximum atomic E-state index is 12.6. The molecule has 0 aromatic rings. The number of nitrogens with one attached hydrogen (secondary N) is 1. The highest BCUT2D eigenvalue weighted by Crippen LogP contribution is 2.18. The van der Waals surface area contributed by atoms with E-state index in [1.165, 1.54) is 77.0 Å². The Morgan fingerprint density at radius 1 is 0.644 bits per heavy atom. The molecule has 0 rings (SSSR count). The summed E-state index contributed by atoms with van der Waals surface area (Å²) in [5.74, 6) is -1.32. The second-order valence-corrected chi connectivity index (χ2v) is 12.6. The van der Waals surface area contributed by atoms with Crippen molar-refractivity contribution < 1.29 is 24.2 Å². The molecule has 0 aliphatic heterocycles. The molecule has 0 heterocycles. The number of hydrogen-bond donors (Lipinski definition) is 3. The highest BCUT2D eigenvalue weighted by Gasteiger charge is 2.19. The molecule has 0 radical (unpaired) electrons. The van der Waals surface area contributed by atoms with E-state index in [1.807, 2.05) is 0 Å². The number of amides is 1. The van der Waals surface area contributed by atoms with Gasteiger partial charge in [0.05, 0.1) is 0 Å². The van der Waals surface area contributed by atoms with Crippen LogP contribution < -0.4 is 11.1 Å². The molecular formula is C38H70N2O5. The molecule has 0 bridgehead atoms. The number of nitrogens with two attached hydrogens (primary N) is 1. The Bertz CT molecular complexity index is 767. The summed E-state index contributed by atoms with van der Waals surface area (Å²) in [5, 5.41) is 11.9. The molecular weight excluding hydrogens is 564 g/mol. The van der Waals surface area contributed by atoms with Crippen molar-refractivity contribution in [2.45, 2.75) is 193 Å². The molecule has 262 valence electrons. The average Bonchev–Trinajstić information content (AvgIpc) is 3.02. The van der Waals surface area contributed by atoms with Gasteiger partial charge in [0.1, 0.15) is 12.1 Å². The summed E-state index contributed by atoms with van der Waals surface area (Å²) >= 11 is 0. The van der Waals surface area contributed by atoms with Gasteiger partial charge in [-0.25, -0.2) is 4.79 Å².